The van der Waals surface area contributed by atoms with Gasteiger partial charge in [-0.1, -0.05) is 30.3 Å². The first-order chi connectivity index (χ1) is 13.0. The molecule has 1 aliphatic rings. The lowest BCUT2D eigenvalue weighted by atomic mass is 10.2. The smallest absolute Gasteiger partial charge is 0.342 e. The van der Waals surface area contributed by atoms with Crippen LogP contribution in [0.2, 0.25) is 0 Å². The number of methoxy groups -OCH3 is 1. The van der Waals surface area contributed by atoms with Crippen LogP contribution in [0.3, 0.4) is 0 Å². The van der Waals surface area contributed by atoms with Gasteiger partial charge in [-0.2, -0.15) is 4.31 Å². The van der Waals surface area contributed by atoms with Gasteiger partial charge in [-0.25, -0.2) is 13.2 Å². The van der Waals surface area contributed by atoms with Gasteiger partial charge >= 0.3 is 5.97 Å². The van der Waals surface area contributed by atoms with Crippen LogP contribution in [0.4, 0.5) is 0 Å². The Morgan fingerprint density at radius 3 is 2.48 bits per heavy atom. The third-order valence-corrected chi connectivity index (χ3v) is 6.11. The minimum absolute atomic E-state index is 0.0249. The van der Waals surface area contributed by atoms with Crippen LogP contribution in [0.5, 0.6) is 5.75 Å². The van der Waals surface area contributed by atoms with Gasteiger partial charge in [0.2, 0.25) is 10.0 Å². The van der Waals surface area contributed by atoms with Gasteiger partial charge in [0.05, 0.1) is 25.2 Å². The van der Waals surface area contributed by atoms with Crippen molar-refractivity contribution in [2.24, 2.45) is 0 Å². The zero-order valence-corrected chi connectivity index (χ0v) is 15.8. The van der Waals surface area contributed by atoms with Crippen molar-refractivity contribution < 1.29 is 27.4 Å². The van der Waals surface area contributed by atoms with E-state index >= 15 is 0 Å². The first-order valence-electron chi connectivity index (χ1n) is 8.49. The van der Waals surface area contributed by atoms with E-state index < -0.39 is 16.0 Å². The Balaban J connectivity index is 1.83. The number of morpholine rings is 1. The molecule has 0 N–H and O–H groups in total. The number of ether oxygens (including phenoxy) is 3. The summed E-state index contributed by atoms with van der Waals surface area (Å²) in [6.07, 6.45) is 0. The highest BCUT2D eigenvalue weighted by Gasteiger charge is 2.28. The number of nitrogens with zero attached hydrogens (tertiary/aromatic N) is 1. The van der Waals surface area contributed by atoms with Crippen LogP contribution in [0.15, 0.2) is 53.4 Å². The van der Waals surface area contributed by atoms with E-state index in [1.54, 1.807) is 0 Å². The average molecular weight is 391 g/mol. The van der Waals surface area contributed by atoms with E-state index in [1.807, 2.05) is 30.3 Å². The summed E-state index contributed by atoms with van der Waals surface area (Å²) in [6.45, 7) is 1.34. The molecule has 1 aliphatic heterocycles. The highest BCUT2D eigenvalue weighted by Crippen LogP contribution is 2.26. The number of benzene rings is 2. The summed E-state index contributed by atoms with van der Waals surface area (Å²) in [5.74, 6) is -0.385. The Labute approximate surface area is 158 Å². The van der Waals surface area contributed by atoms with E-state index in [0.29, 0.717) is 13.2 Å². The van der Waals surface area contributed by atoms with Crippen molar-refractivity contribution in [3.05, 3.63) is 59.7 Å². The Bertz CT molecular complexity index is 892. The Morgan fingerprint density at radius 1 is 1.11 bits per heavy atom. The van der Waals surface area contributed by atoms with E-state index in [1.165, 1.54) is 29.6 Å². The maximum Gasteiger partial charge on any atom is 0.342 e. The first kappa shape index (κ1) is 19.3. The monoisotopic (exact) mass is 391 g/mol. The van der Waals surface area contributed by atoms with Crippen LogP contribution in [-0.2, 0) is 26.1 Å². The fraction of sp³-hybridized carbons (Fsp3) is 0.316. The summed E-state index contributed by atoms with van der Waals surface area (Å²) < 4.78 is 42.7. The molecule has 8 heteroatoms. The van der Waals surface area contributed by atoms with Crippen LogP contribution < -0.4 is 4.74 Å². The lowest BCUT2D eigenvalue weighted by Gasteiger charge is -2.26. The SMILES string of the molecule is COc1ccc(S(=O)(=O)N2CCOCC2)cc1C(=O)OCc1ccccc1. The molecule has 0 aliphatic carbocycles. The molecule has 0 spiro atoms. The van der Waals surface area contributed by atoms with E-state index in [2.05, 4.69) is 0 Å². The number of carbonyl (C=O) groups is 1. The zero-order valence-electron chi connectivity index (χ0n) is 15.0. The molecule has 0 amide bonds. The Kier molecular flexibility index (Phi) is 6.10. The van der Waals surface area contributed by atoms with Crippen molar-refractivity contribution in [3.8, 4) is 5.75 Å². The third-order valence-electron chi connectivity index (χ3n) is 4.21. The van der Waals surface area contributed by atoms with Crippen LogP contribution in [0.25, 0.3) is 0 Å². The topological polar surface area (TPSA) is 82.1 Å². The lowest BCUT2D eigenvalue weighted by molar-refractivity contribution is 0.0468. The molecule has 1 saturated heterocycles. The van der Waals surface area contributed by atoms with Crippen molar-refractivity contribution in [1.82, 2.24) is 4.31 Å². The number of hydrogen-bond donors (Lipinski definition) is 0. The number of hydrogen-bond acceptors (Lipinski definition) is 6. The summed E-state index contributed by atoms with van der Waals surface area (Å²) in [5, 5.41) is 0. The Morgan fingerprint density at radius 2 is 1.81 bits per heavy atom. The first-order valence-corrected chi connectivity index (χ1v) is 9.93. The summed E-state index contributed by atoms with van der Waals surface area (Å²) in [6, 6.07) is 13.4. The minimum atomic E-state index is -3.72. The quantitative estimate of drug-likeness (QED) is 0.701. The second-order valence-corrected chi connectivity index (χ2v) is 7.88. The van der Waals surface area contributed by atoms with Crippen molar-refractivity contribution in [1.29, 1.82) is 0 Å². The Hall–Kier alpha value is -2.42. The van der Waals surface area contributed by atoms with Crippen molar-refractivity contribution in [3.63, 3.8) is 0 Å². The van der Waals surface area contributed by atoms with E-state index in [4.69, 9.17) is 14.2 Å². The number of carbonyl (C=O) groups excluding carboxylic acids is 1. The molecule has 144 valence electrons. The second kappa shape index (κ2) is 8.51. The van der Waals surface area contributed by atoms with Crippen molar-refractivity contribution in [2.75, 3.05) is 33.4 Å². The van der Waals surface area contributed by atoms with Gasteiger partial charge in [-0.05, 0) is 23.8 Å². The molecule has 0 radical (unpaired) electrons. The fourth-order valence-corrected chi connectivity index (χ4v) is 4.18. The molecule has 1 fully saturated rings. The summed E-state index contributed by atoms with van der Waals surface area (Å²) in [4.78, 5) is 12.5. The molecule has 2 aromatic carbocycles. The van der Waals surface area contributed by atoms with Gasteiger partial charge < -0.3 is 14.2 Å². The highest BCUT2D eigenvalue weighted by atomic mass is 32.2. The normalized spacial score (nSPS) is 15.3. The maximum atomic E-state index is 12.8. The van der Waals surface area contributed by atoms with E-state index in [-0.39, 0.29) is 35.9 Å². The molecule has 2 aromatic rings. The molecule has 0 aromatic heterocycles. The summed E-state index contributed by atoms with van der Waals surface area (Å²) in [7, 11) is -2.30. The molecule has 0 atom stereocenters. The van der Waals surface area contributed by atoms with Gasteiger partial charge in [-0.15, -0.1) is 0 Å². The molecular formula is C19H21NO6S. The molecule has 3 rings (SSSR count). The largest absolute Gasteiger partial charge is 0.496 e. The molecule has 0 bridgehead atoms. The minimum Gasteiger partial charge on any atom is -0.496 e. The fourth-order valence-electron chi connectivity index (χ4n) is 2.74. The number of sulfonamides is 1. The molecular weight excluding hydrogens is 370 g/mol. The molecule has 0 unspecified atom stereocenters. The van der Waals surface area contributed by atoms with Crippen LogP contribution in [-0.4, -0.2) is 52.1 Å². The predicted octanol–water partition coefficient (Wildman–Crippen LogP) is 2.07. The van der Waals surface area contributed by atoms with Gasteiger partial charge in [-0.3, -0.25) is 0 Å². The number of rotatable bonds is 6. The van der Waals surface area contributed by atoms with Crippen LogP contribution >= 0.6 is 0 Å². The van der Waals surface area contributed by atoms with Crippen LogP contribution in [0.1, 0.15) is 15.9 Å². The third kappa shape index (κ3) is 4.47. The standard InChI is InChI=1S/C19H21NO6S/c1-24-18-8-7-16(27(22,23)20-9-11-25-12-10-20)13-17(18)19(21)26-14-15-5-3-2-4-6-15/h2-8,13H,9-12,14H2,1H3. The van der Waals surface area contributed by atoms with E-state index in [9.17, 15) is 13.2 Å². The van der Waals surface area contributed by atoms with Gasteiger partial charge in [0.25, 0.3) is 0 Å². The second-order valence-electron chi connectivity index (χ2n) is 5.94. The molecule has 0 saturated carbocycles. The molecule has 7 nitrogen and oxygen atoms in total. The predicted molar refractivity (Wildman–Crippen MR) is 98.1 cm³/mol. The lowest BCUT2D eigenvalue weighted by Crippen LogP contribution is -2.40. The summed E-state index contributed by atoms with van der Waals surface area (Å²) >= 11 is 0. The molecule has 1 heterocycles. The number of esters is 1. The van der Waals surface area contributed by atoms with Crippen molar-refractivity contribution in [2.45, 2.75) is 11.5 Å². The maximum absolute atomic E-state index is 12.8. The highest BCUT2D eigenvalue weighted by molar-refractivity contribution is 7.89. The summed E-state index contributed by atoms with van der Waals surface area (Å²) in [5.41, 5.74) is 0.907. The van der Waals surface area contributed by atoms with Crippen LogP contribution in [0, 0.1) is 0 Å². The van der Waals surface area contributed by atoms with E-state index in [0.717, 1.165) is 5.56 Å². The molecule has 27 heavy (non-hydrogen) atoms. The zero-order chi connectivity index (χ0) is 19.3. The van der Waals surface area contributed by atoms with Gasteiger partial charge in [0.1, 0.15) is 17.9 Å². The average Bonchev–Trinajstić information content (AvgIpc) is 2.73. The van der Waals surface area contributed by atoms with Crippen molar-refractivity contribution >= 4 is 16.0 Å². The van der Waals surface area contributed by atoms with Gasteiger partial charge in [0.15, 0.2) is 0 Å². The van der Waals surface area contributed by atoms with Gasteiger partial charge in [0, 0.05) is 13.1 Å².